The molecule has 0 bridgehead atoms. The van der Waals surface area contributed by atoms with Crippen molar-refractivity contribution < 1.29 is 23.6 Å². The van der Waals surface area contributed by atoms with Crippen LogP contribution >= 0.6 is 0 Å². The maximum absolute atomic E-state index is 12.9. The standard InChI is InChI=1S/C31H35BN2O5/c1-30(2)31(3,4)39-32(38-30)21(14-20-15-22(33)17-23(16-20)36-5)18-34-29(35)37-19-28-26-12-8-6-10-24(26)25-11-7-9-13-27(25)28/h6-17,28H,18-19,33H2,1-5H3,(H,34,35). The minimum Gasteiger partial charge on any atom is -0.497 e. The van der Waals surface area contributed by atoms with Gasteiger partial charge in [0.1, 0.15) is 12.4 Å². The number of anilines is 1. The predicted octanol–water partition coefficient (Wildman–Crippen LogP) is 5.83. The lowest BCUT2D eigenvalue weighted by molar-refractivity contribution is 0.00578. The van der Waals surface area contributed by atoms with Crippen molar-refractivity contribution in [2.75, 3.05) is 26.0 Å². The van der Waals surface area contributed by atoms with Crippen LogP contribution in [0.15, 0.2) is 72.2 Å². The molecule has 0 atom stereocenters. The first-order valence-electron chi connectivity index (χ1n) is 13.2. The highest BCUT2D eigenvalue weighted by molar-refractivity contribution is 6.56. The maximum Gasteiger partial charge on any atom is 0.492 e. The van der Waals surface area contributed by atoms with Gasteiger partial charge in [-0.05, 0) is 73.1 Å². The smallest absolute Gasteiger partial charge is 0.492 e. The van der Waals surface area contributed by atoms with Crippen LogP contribution in [-0.4, -0.2) is 44.7 Å². The number of methoxy groups -OCH3 is 1. The molecule has 1 fully saturated rings. The number of carbonyl (C=O) groups is 1. The third-order valence-corrected chi connectivity index (χ3v) is 7.88. The topological polar surface area (TPSA) is 92.0 Å². The largest absolute Gasteiger partial charge is 0.497 e. The number of alkyl carbamates (subject to hydrolysis) is 1. The number of nitrogens with one attached hydrogen (secondary N) is 1. The summed E-state index contributed by atoms with van der Waals surface area (Å²) in [6.07, 6.45) is 1.40. The van der Waals surface area contributed by atoms with E-state index in [-0.39, 0.29) is 19.1 Å². The Morgan fingerprint density at radius 2 is 1.56 bits per heavy atom. The minimum atomic E-state index is -0.656. The van der Waals surface area contributed by atoms with E-state index in [2.05, 4.69) is 29.6 Å². The Bertz CT molecular complexity index is 1360. The number of carbonyl (C=O) groups excluding carboxylic acids is 1. The molecule has 0 spiro atoms. The second kappa shape index (κ2) is 10.4. The van der Waals surface area contributed by atoms with Crippen molar-refractivity contribution in [3.63, 3.8) is 0 Å². The lowest BCUT2D eigenvalue weighted by atomic mass is 9.77. The van der Waals surface area contributed by atoms with Crippen molar-refractivity contribution in [3.8, 4) is 16.9 Å². The monoisotopic (exact) mass is 526 g/mol. The van der Waals surface area contributed by atoms with Crippen LogP contribution < -0.4 is 15.8 Å². The quantitative estimate of drug-likeness (QED) is 0.297. The molecule has 0 saturated carbocycles. The van der Waals surface area contributed by atoms with E-state index in [0.29, 0.717) is 11.4 Å². The van der Waals surface area contributed by atoms with Gasteiger partial charge in [-0.3, -0.25) is 0 Å². The van der Waals surface area contributed by atoms with Crippen LogP contribution in [0.3, 0.4) is 0 Å². The van der Waals surface area contributed by atoms with Gasteiger partial charge in [-0.1, -0.05) is 54.6 Å². The molecule has 0 radical (unpaired) electrons. The number of nitrogens with two attached hydrogens (primary N) is 1. The average Bonchev–Trinajstić information content (AvgIpc) is 3.33. The van der Waals surface area contributed by atoms with Crippen molar-refractivity contribution in [1.29, 1.82) is 0 Å². The molecular weight excluding hydrogens is 491 g/mol. The van der Waals surface area contributed by atoms with Gasteiger partial charge in [0, 0.05) is 24.2 Å². The SMILES string of the molecule is COc1cc(N)cc(C=C(CNC(=O)OCC2c3ccccc3-c3ccccc32)B2OC(C)(C)C(C)(C)O2)c1. The van der Waals surface area contributed by atoms with Gasteiger partial charge in [-0.25, -0.2) is 4.79 Å². The van der Waals surface area contributed by atoms with E-state index in [4.69, 9.17) is 24.5 Å². The zero-order valence-corrected chi connectivity index (χ0v) is 23.1. The van der Waals surface area contributed by atoms with Gasteiger partial charge in [0.15, 0.2) is 0 Å². The first kappa shape index (κ1) is 26.8. The molecule has 1 aliphatic heterocycles. The third-order valence-electron chi connectivity index (χ3n) is 7.88. The van der Waals surface area contributed by atoms with Gasteiger partial charge < -0.3 is 29.8 Å². The molecule has 0 aromatic heterocycles. The molecule has 1 heterocycles. The summed E-state index contributed by atoms with van der Waals surface area (Å²) in [5, 5.41) is 2.90. The van der Waals surface area contributed by atoms with E-state index in [1.54, 1.807) is 13.2 Å². The van der Waals surface area contributed by atoms with E-state index >= 15 is 0 Å². The minimum absolute atomic E-state index is 0.0129. The van der Waals surface area contributed by atoms with Crippen LogP contribution in [-0.2, 0) is 14.0 Å². The summed E-state index contributed by atoms with van der Waals surface area (Å²) in [7, 11) is 0.937. The first-order valence-corrected chi connectivity index (χ1v) is 13.2. The van der Waals surface area contributed by atoms with Gasteiger partial charge in [-0.2, -0.15) is 0 Å². The van der Waals surface area contributed by atoms with Crippen molar-refractivity contribution >= 4 is 25.0 Å². The molecule has 3 aromatic carbocycles. The molecular formula is C31H35BN2O5. The van der Waals surface area contributed by atoms with Crippen molar-refractivity contribution in [2.45, 2.75) is 44.8 Å². The molecule has 5 rings (SSSR count). The molecule has 0 unspecified atom stereocenters. The summed E-state index contributed by atoms with van der Waals surface area (Å²) in [5.41, 5.74) is 11.8. The molecule has 3 aromatic rings. The van der Waals surface area contributed by atoms with Crippen LogP contribution in [0, 0.1) is 0 Å². The van der Waals surface area contributed by atoms with Crippen LogP contribution in [0.1, 0.15) is 50.3 Å². The normalized spacial score (nSPS) is 17.5. The Hall–Kier alpha value is -3.75. The van der Waals surface area contributed by atoms with E-state index in [9.17, 15) is 4.79 Å². The second-order valence-electron chi connectivity index (χ2n) is 11.0. The van der Waals surface area contributed by atoms with Gasteiger partial charge in [0.2, 0.25) is 0 Å². The Kier molecular flexibility index (Phi) is 7.18. The zero-order chi connectivity index (χ0) is 27.8. The molecule has 1 aliphatic carbocycles. The first-order chi connectivity index (χ1) is 18.6. The summed E-state index contributed by atoms with van der Waals surface area (Å²) in [6.45, 7) is 8.38. The molecule has 39 heavy (non-hydrogen) atoms. The van der Waals surface area contributed by atoms with Crippen LogP contribution in [0.5, 0.6) is 5.75 Å². The van der Waals surface area contributed by atoms with Gasteiger partial charge in [0.25, 0.3) is 0 Å². The Labute approximate surface area is 230 Å². The van der Waals surface area contributed by atoms with E-state index in [0.717, 1.165) is 11.0 Å². The Balaban J connectivity index is 1.32. The fraction of sp³-hybridized carbons (Fsp3) is 0.323. The number of fused-ring (bicyclic) bond motifs is 3. The van der Waals surface area contributed by atoms with Crippen molar-refractivity contribution in [1.82, 2.24) is 5.32 Å². The van der Waals surface area contributed by atoms with Crippen molar-refractivity contribution in [3.05, 3.63) is 88.9 Å². The zero-order valence-electron chi connectivity index (χ0n) is 23.1. The highest BCUT2D eigenvalue weighted by Gasteiger charge is 2.52. The van der Waals surface area contributed by atoms with Gasteiger partial charge in [0.05, 0.1) is 18.3 Å². The number of benzene rings is 3. The maximum atomic E-state index is 12.9. The third kappa shape index (κ3) is 5.40. The number of hydrogen-bond acceptors (Lipinski definition) is 6. The average molecular weight is 526 g/mol. The van der Waals surface area contributed by atoms with Gasteiger partial charge in [-0.15, -0.1) is 0 Å². The lowest BCUT2D eigenvalue weighted by Gasteiger charge is -2.32. The summed E-state index contributed by atoms with van der Waals surface area (Å²) >= 11 is 0. The second-order valence-corrected chi connectivity index (χ2v) is 11.0. The molecule has 2 aliphatic rings. The number of hydrogen-bond donors (Lipinski definition) is 2. The van der Waals surface area contributed by atoms with Gasteiger partial charge >= 0.3 is 13.2 Å². The van der Waals surface area contributed by atoms with E-state index < -0.39 is 24.4 Å². The Morgan fingerprint density at radius 3 is 2.15 bits per heavy atom. The lowest BCUT2D eigenvalue weighted by Crippen LogP contribution is -2.41. The fourth-order valence-electron chi connectivity index (χ4n) is 5.08. The highest BCUT2D eigenvalue weighted by Crippen LogP contribution is 2.44. The molecule has 8 heteroatoms. The molecule has 1 amide bonds. The highest BCUT2D eigenvalue weighted by atomic mass is 16.7. The molecule has 202 valence electrons. The van der Waals surface area contributed by atoms with Crippen molar-refractivity contribution in [2.24, 2.45) is 0 Å². The fourth-order valence-corrected chi connectivity index (χ4v) is 5.08. The van der Waals surface area contributed by atoms with E-state index in [1.807, 2.05) is 70.2 Å². The summed E-state index contributed by atoms with van der Waals surface area (Å²) in [6, 6.07) is 22.0. The number of ether oxygens (including phenoxy) is 2. The summed E-state index contributed by atoms with van der Waals surface area (Å²) < 4.78 is 23.7. The predicted molar refractivity (Wildman–Crippen MR) is 155 cm³/mol. The number of rotatable bonds is 7. The number of amides is 1. The summed E-state index contributed by atoms with van der Waals surface area (Å²) in [5.74, 6) is 0.625. The van der Waals surface area contributed by atoms with Crippen LogP contribution in [0.2, 0.25) is 0 Å². The molecule has 1 saturated heterocycles. The number of nitrogen functional groups attached to an aromatic ring is 1. The molecule has 7 nitrogen and oxygen atoms in total. The van der Waals surface area contributed by atoms with E-state index in [1.165, 1.54) is 22.3 Å². The summed E-state index contributed by atoms with van der Waals surface area (Å²) in [4.78, 5) is 12.9. The van der Waals surface area contributed by atoms with Crippen LogP contribution in [0.25, 0.3) is 17.2 Å². The Morgan fingerprint density at radius 1 is 0.974 bits per heavy atom. The van der Waals surface area contributed by atoms with Crippen LogP contribution in [0.4, 0.5) is 10.5 Å². The molecule has 3 N–H and O–H groups in total.